The van der Waals surface area contributed by atoms with Crippen molar-refractivity contribution in [2.45, 2.75) is 6.92 Å². The fourth-order valence-electron chi connectivity index (χ4n) is 2.68. The topological polar surface area (TPSA) is 116 Å². The van der Waals surface area contributed by atoms with E-state index in [1.54, 1.807) is 25.1 Å². The quantitative estimate of drug-likeness (QED) is 0.373. The maximum atomic E-state index is 12.4. The minimum absolute atomic E-state index is 0.161. The van der Waals surface area contributed by atoms with Crippen molar-refractivity contribution in [1.82, 2.24) is 15.1 Å². The van der Waals surface area contributed by atoms with Crippen molar-refractivity contribution in [1.29, 1.82) is 0 Å². The third-order valence-electron chi connectivity index (χ3n) is 4.03. The maximum absolute atomic E-state index is 12.4. The summed E-state index contributed by atoms with van der Waals surface area (Å²) in [7, 11) is 0. The number of aryl methyl sites for hydroxylation is 1. The Morgan fingerprint density at radius 3 is 2.59 bits per heavy atom. The zero-order chi connectivity index (χ0) is 20.8. The van der Waals surface area contributed by atoms with Crippen molar-refractivity contribution >= 4 is 11.6 Å². The molecule has 3 aromatic rings. The summed E-state index contributed by atoms with van der Waals surface area (Å²) in [6, 6.07) is 16.3. The van der Waals surface area contributed by atoms with Gasteiger partial charge in [0.15, 0.2) is 5.69 Å². The molecular weight excluding hydrogens is 376 g/mol. The first-order valence-corrected chi connectivity index (χ1v) is 8.78. The summed E-state index contributed by atoms with van der Waals surface area (Å²) in [6.07, 6.45) is 0. The molecule has 1 aromatic heterocycles. The number of nitro groups is 1. The Hall–Kier alpha value is -4.01. The van der Waals surface area contributed by atoms with E-state index in [1.807, 2.05) is 18.2 Å². The highest BCUT2D eigenvalue weighted by Crippen LogP contribution is 2.22. The predicted octanol–water partition coefficient (Wildman–Crippen LogP) is 2.26. The number of hydrogen-bond donors (Lipinski definition) is 1. The van der Waals surface area contributed by atoms with Gasteiger partial charge in [-0.25, -0.2) is 4.68 Å². The molecule has 0 atom stereocenters. The van der Waals surface area contributed by atoms with E-state index in [0.717, 1.165) is 0 Å². The van der Waals surface area contributed by atoms with Crippen molar-refractivity contribution < 1.29 is 14.5 Å². The van der Waals surface area contributed by atoms with Gasteiger partial charge in [-0.3, -0.25) is 19.7 Å². The molecule has 1 amide bonds. The Morgan fingerprint density at radius 1 is 1.17 bits per heavy atom. The number of amides is 1. The van der Waals surface area contributed by atoms with Crippen LogP contribution in [0.3, 0.4) is 0 Å². The summed E-state index contributed by atoms with van der Waals surface area (Å²) in [5.41, 5.74) is -0.577. The minimum Gasteiger partial charge on any atom is -0.492 e. The van der Waals surface area contributed by atoms with Gasteiger partial charge in [-0.05, 0) is 25.1 Å². The van der Waals surface area contributed by atoms with Crippen LogP contribution in [0.2, 0.25) is 0 Å². The van der Waals surface area contributed by atoms with Gasteiger partial charge in [0.05, 0.1) is 11.5 Å². The monoisotopic (exact) mass is 394 g/mol. The summed E-state index contributed by atoms with van der Waals surface area (Å²) < 4.78 is 6.70. The van der Waals surface area contributed by atoms with Crippen LogP contribution in [-0.4, -0.2) is 33.8 Å². The molecule has 1 heterocycles. The molecule has 1 N–H and O–H groups in total. The van der Waals surface area contributed by atoms with E-state index in [2.05, 4.69) is 10.4 Å². The van der Waals surface area contributed by atoms with Gasteiger partial charge in [0, 0.05) is 17.8 Å². The molecule has 0 aliphatic rings. The molecule has 0 radical (unpaired) electrons. The molecule has 0 fully saturated rings. The van der Waals surface area contributed by atoms with Gasteiger partial charge in [-0.2, -0.15) is 5.10 Å². The van der Waals surface area contributed by atoms with Gasteiger partial charge >= 0.3 is 0 Å². The van der Waals surface area contributed by atoms with Crippen LogP contribution in [-0.2, 0) is 0 Å². The van der Waals surface area contributed by atoms with Crippen LogP contribution >= 0.6 is 0 Å². The smallest absolute Gasteiger partial charge is 0.294 e. The Bertz CT molecular complexity index is 1100. The van der Waals surface area contributed by atoms with Gasteiger partial charge in [0.25, 0.3) is 11.6 Å². The number of carbonyl (C=O) groups excluding carboxylic acids is 1. The third kappa shape index (κ3) is 4.64. The second-order valence-electron chi connectivity index (χ2n) is 6.07. The van der Waals surface area contributed by atoms with Crippen LogP contribution in [0.1, 0.15) is 16.2 Å². The van der Waals surface area contributed by atoms with Crippen LogP contribution in [0.15, 0.2) is 65.5 Å². The fraction of sp³-hybridized carbons (Fsp3) is 0.150. The number of aromatic nitrogens is 2. The van der Waals surface area contributed by atoms with E-state index in [9.17, 15) is 19.7 Å². The highest BCUT2D eigenvalue weighted by molar-refractivity contribution is 5.92. The average molecular weight is 394 g/mol. The molecule has 2 aromatic carbocycles. The van der Waals surface area contributed by atoms with Crippen LogP contribution in [0, 0.1) is 17.0 Å². The summed E-state index contributed by atoms with van der Waals surface area (Å²) in [5, 5.41) is 17.9. The molecule has 3 rings (SSSR count). The highest BCUT2D eigenvalue weighted by atomic mass is 16.6. The van der Waals surface area contributed by atoms with Crippen molar-refractivity contribution in [2.75, 3.05) is 13.2 Å². The number of rotatable bonds is 7. The summed E-state index contributed by atoms with van der Waals surface area (Å²) >= 11 is 0. The largest absolute Gasteiger partial charge is 0.492 e. The molecule has 9 nitrogen and oxygen atoms in total. The van der Waals surface area contributed by atoms with E-state index >= 15 is 0 Å². The molecule has 0 saturated carbocycles. The number of hydrogen-bond acceptors (Lipinski definition) is 6. The first-order valence-electron chi connectivity index (χ1n) is 8.78. The second kappa shape index (κ2) is 8.79. The van der Waals surface area contributed by atoms with Gasteiger partial charge in [0.2, 0.25) is 5.43 Å². The van der Waals surface area contributed by atoms with E-state index in [-0.39, 0.29) is 30.2 Å². The summed E-state index contributed by atoms with van der Waals surface area (Å²) in [5.74, 6) is -0.0204. The SMILES string of the molecule is Cc1cc(=O)c(C(=O)NCCOc2ccccc2)nn1-c1ccccc1[N+](=O)[O-]. The Kier molecular flexibility index (Phi) is 5.98. The highest BCUT2D eigenvalue weighted by Gasteiger charge is 2.19. The zero-order valence-electron chi connectivity index (χ0n) is 15.6. The molecule has 0 unspecified atom stereocenters. The summed E-state index contributed by atoms with van der Waals surface area (Å²) in [6.45, 7) is 1.95. The summed E-state index contributed by atoms with van der Waals surface area (Å²) in [4.78, 5) is 35.4. The van der Waals surface area contributed by atoms with Gasteiger partial charge < -0.3 is 10.1 Å². The number of nitrogens with zero attached hydrogens (tertiary/aromatic N) is 3. The molecule has 0 spiro atoms. The van der Waals surface area contributed by atoms with Crippen LogP contribution in [0.25, 0.3) is 5.69 Å². The number of benzene rings is 2. The zero-order valence-corrected chi connectivity index (χ0v) is 15.6. The Labute approximate surface area is 165 Å². The van der Waals surface area contributed by atoms with E-state index in [0.29, 0.717) is 11.4 Å². The van der Waals surface area contributed by atoms with Gasteiger partial charge in [0.1, 0.15) is 18.0 Å². The predicted molar refractivity (Wildman–Crippen MR) is 105 cm³/mol. The first kappa shape index (κ1) is 19.7. The lowest BCUT2D eigenvalue weighted by Gasteiger charge is -2.12. The fourth-order valence-corrected chi connectivity index (χ4v) is 2.68. The molecular formula is C20H18N4O5. The first-order chi connectivity index (χ1) is 14.0. The molecule has 29 heavy (non-hydrogen) atoms. The maximum Gasteiger partial charge on any atom is 0.294 e. The van der Waals surface area contributed by atoms with Crippen LogP contribution < -0.4 is 15.5 Å². The minimum atomic E-state index is -0.681. The van der Waals surface area contributed by atoms with Gasteiger partial charge in [-0.15, -0.1) is 0 Å². The van der Waals surface area contributed by atoms with E-state index < -0.39 is 16.3 Å². The molecule has 0 saturated heterocycles. The van der Waals surface area contributed by atoms with Crippen LogP contribution in [0.4, 0.5) is 5.69 Å². The van der Waals surface area contributed by atoms with Crippen molar-refractivity contribution in [2.24, 2.45) is 0 Å². The Balaban J connectivity index is 1.78. The van der Waals surface area contributed by atoms with Gasteiger partial charge in [-0.1, -0.05) is 30.3 Å². The molecule has 0 aliphatic carbocycles. The van der Waals surface area contributed by atoms with Crippen LogP contribution in [0.5, 0.6) is 5.75 Å². The van der Waals surface area contributed by atoms with Crippen molar-refractivity contribution in [3.8, 4) is 11.4 Å². The average Bonchev–Trinajstić information content (AvgIpc) is 2.72. The molecule has 0 bridgehead atoms. The number of nitro benzene ring substituents is 1. The lowest BCUT2D eigenvalue weighted by Crippen LogP contribution is -2.34. The number of para-hydroxylation sites is 3. The number of carbonyl (C=O) groups is 1. The Morgan fingerprint density at radius 2 is 1.86 bits per heavy atom. The van der Waals surface area contributed by atoms with Crippen molar-refractivity contribution in [3.05, 3.63) is 92.4 Å². The number of ether oxygens (including phenoxy) is 1. The van der Waals surface area contributed by atoms with Crippen molar-refractivity contribution in [3.63, 3.8) is 0 Å². The lowest BCUT2D eigenvalue weighted by molar-refractivity contribution is -0.384. The number of nitrogens with one attached hydrogen (secondary N) is 1. The second-order valence-corrected chi connectivity index (χ2v) is 6.07. The lowest BCUT2D eigenvalue weighted by atomic mass is 10.2. The molecule has 148 valence electrons. The van der Waals surface area contributed by atoms with E-state index in [1.165, 1.54) is 28.9 Å². The normalized spacial score (nSPS) is 10.4. The third-order valence-corrected chi connectivity index (χ3v) is 4.03. The molecule has 0 aliphatic heterocycles. The molecule has 9 heteroatoms. The van der Waals surface area contributed by atoms with E-state index in [4.69, 9.17) is 4.74 Å². The standard InChI is InChI=1S/C20H18N4O5/c1-14-13-18(25)19(20(26)21-11-12-29-15-7-3-2-4-8-15)22-23(14)16-9-5-6-10-17(16)24(27)28/h2-10,13H,11-12H2,1H3,(H,21,26).